The molecule has 0 fully saturated rings. The van der Waals surface area contributed by atoms with E-state index in [1.165, 1.54) is 0 Å². The third-order valence-electron chi connectivity index (χ3n) is 1.72. The van der Waals surface area contributed by atoms with Crippen LogP contribution in [-0.2, 0) is 0 Å². The van der Waals surface area contributed by atoms with Crippen LogP contribution in [0.25, 0.3) is 11.0 Å². The molecule has 0 aliphatic rings. The zero-order valence-corrected chi connectivity index (χ0v) is 9.02. The SMILES string of the molecule is Cc1ccc2c(c1)nc(I)n[n+]2[O-]. The number of fused-ring (bicyclic) bond motifs is 1. The number of halogens is 1. The molecule has 1 heterocycles. The van der Waals surface area contributed by atoms with E-state index in [1.807, 2.05) is 41.6 Å². The number of rotatable bonds is 0. The van der Waals surface area contributed by atoms with Crippen molar-refractivity contribution in [3.05, 3.63) is 32.8 Å². The van der Waals surface area contributed by atoms with E-state index in [0.717, 1.165) is 5.56 Å². The molecule has 0 spiro atoms. The topological polar surface area (TPSA) is 52.7 Å². The van der Waals surface area contributed by atoms with Crippen LogP contribution in [0, 0.1) is 16.0 Å². The second kappa shape index (κ2) is 3.06. The Bertz CT molecular complexity index is 467. The largest absolute Gasteiger partial charge is 0.594 e. The number of hydrogen-bond donors (Lipinski definition) is 0. The molecule has 13 heavy (non-hydrogen) atoms. The summed E-state index contributed by atoms with van der Waals surface area (Å²) in [5.74, 6) is 0. The van der Waals surface area contributed by atoms with E-state index in [4.69, 9.17) is 0 Å². The van der Waals surface area contributed by atoms with E-state index in [9.17, 15) is 5.21 Å². The van der Waals surface area contributed by atoms with Gasteiger partial charge in [0.1, 0.15) is 5.52 Å². The van der Waals surface area contributed by atoms with E-state index in [1.54, 1.807) is 6.07 Å². The highest BCUT2D eigenvalue weighted by Gasteiger charge is 2.07. The smallest absolute Gasteiger partial charge is 0.270 e. The van der Waals surface area contributed by atoms with Crippen LogP contribution in [0.4, 0.5) is 0 Å². The highest BCUT2D eigenvalue weighted by molar-refractivity contribution is 14.1. The van der Waals surface area contributed by atoms with Crippen molar-refractivity contribution in [2.75, 3.05) is 0 Å². The molecule has 2 aromatic rings. The predicted molar refractivity (Wildman–Crippen MR) is 56.0 cm³/mol. The lowest BCUT2D eigenvalue weighted by Gasteiger charge is -1.99. The summed E-state index contributed by atoms with van der Waals surface area (Å²) in [6, 6.07) is 5.47. The lowest BCUT2D eigenvalue weighted by molar-refractivity contribution is -0.644. The molecular weight excluding hydrogens is 281 g/mol. The molecule has 0 atom stereocenters. The molecule has 0 aliphatic heterocycles. The molecule has 5 heteroatoms. The highest BCUT2D eigenvalue weighted by atomic mass is 127. The van der Waals surface area contributed by atoms with Crippen molar-refractivity contribution in [1.82, 2.24) is 10.1 Å². The van der Waals surface area contributed by atoms with Crippen molar-refractivity contribution in [2.24, 2.45) is 0 Å². The second-order valence-corrected chi connectivity index (χ2v) is 3.71. The van der Waals surface area contributed by atoms with Gasteiger partial charge in [0.25, 0.3) is 9.35 Å². The first-order valence-electron chi connectivity index (χ1n) is 3.70. The predicted octanol–water partition coefficient (Wildman–Crippen LogP) is 1.18. The number of nitrogens with zero attached hydrogens (tertiary/aromatic N) is 3. The van der Waals surface area contributed by atoms with Gasteiger partial charge in [0.2, 0.25) is 0 Å². The van der Waals surface area contributed by atoms with Gasteiger partial charge in [0.15, 0.2) is 0 Å². The van der Waals surface area contributed by atoms with Crippen LogP contribution in [0.3, 0.4) is 0 Å². The van der Waals surface area contributed by atoms with Crippen LogP contribution in [0.1, 0.15) is 5.56 Å². The van der Waals surface area contributed by atoms with Gasteiger partial charge in [-0.25, -0.2) is 4.98 Å². The maximum absolute atomic E-state index is 11.3. The van der Waals surface area contributed by atoms with Crippen LogP contribution >= 0.6 is 22.6 Å². The van der Waals surface area contributed by atoms with Crippen molar-refractivity contribution >= 4 is 33.6 Å². The Balaban J connectivity index is 2.86. The maximum Gasteiger partial charge on any atom is 0.270 e. The van der Waals surface area contributed by atoms with Crippen molar-refractivity contribution in [1.29, 1.82) is 0 Å². The summed E-state index contributed by atoms with van der Waals surface area (Å²) in [5.41, 5.74) is 2.28. The minimum atomic E-state index is 0.464. The molecule has 0 saturated carbocycles. The van der Waals surface area contributed by atoms with Crippen LogP contribution in [-0.4, -0.2) is 10.1 Å². The van der Waals surface area contributed by atoms with Gasteiger partial charge >= 0.3 is 0 Å². The third kappa shape index (κ3) is 1.55. The van der Waals surface area contributed by atoms with Gasteiger partial charge < -0.3 is 5.21 Å². The molecular formula is C8H6IN3O. The maximum atomic E-state index is 11.3. The lowest BCUT2D eigenvalue weighted by atomic mass is 10.2. The molecule has 0 N–H and O–H groups in total. The molecule has 66 valence electrons. The Hall–Kier alpha value is -0.980. The van der Waals surface area contributed by atoms with Gasteiger partial charge in [-0.3, -0.25) is 0 Å². The van der Waals surface area contributed by atoms with E-state index in [2.05, 4.69) is 10.1 Å². The average molecular weight is 287 g/mol. The Morgan fingerprint density at radius 2 is 2.23 bits per heavy atom. The molecule has 0 radical (unpaired) electrons. The fourth-order valence-electron chi connectivity index (χ4n) is 1.14. The number of hydrogen-bond acceptors (Lipinski definition) is 3. The Morgan fingerprint density at radius 1 is 1.46 bits per heavy atom. The molecule has 1 aromatic heterocycles. The Labute approximate surface area is 88.3 Å². The summed E-state index contributed by atoms with van der Waals surface area (Å²) in [6.07, 6.45) is 0. The molecule has 0 bridgehead atoms. The summed E-state index contributed by atoms with van der Waals surface area (Å²) >= 11 is 1.92. The zero-order chi connectivity index (χ0) is 9.42. The number of aromatic nitrogens is 3. The van der Waals surface area contributed by atoms with Gasteiger partial charge in [0, 0.05) is 33.8 Å². The van der Waals surface area contributed by atoms with Gasteiger partial charge in [-0.2, -0.15) is 0 Å². The minimum absolute atomic E-state index is 0.464. The first-order chi connectivity index (χ1) is 6.16. The van der Waals surface area contributed by atoms with Crippen molar-refractivity contribution in [2.45, 2.75) is 6.92 Å². The summed E-state index contributed by atoms with van der Waals surface area (Å²) in [6.45, 7) is 1.96. The van der Waals surface area contributed by atoms with E-state index in [0.29, 0.717) is 19.7 Å². The standard InChI is InChI=1S/C8H6IN3O/c1-5-2-3-7-6(4-5)10-8(9)11-12(7)13/h2-4H,1H3. The monoisotopic (exact) mass is 287 g/mol. The molecule has 0 saturated heterocycles. The van der Waals surface area contributed by atoms with E-state index < -0.39 is 0 Å². The lowest BCUT2D eigenvalue weighted by Crippen LogP contribution is -2.33. The summed E-state index contributed by atoms with van der Waals surface area (Å²) in [7, 11) is 0. The van der Waals surface area contributed by atoms with E-state index in [-0.39, 0.29) is 0 Å². The fraction of sp³-hybridized carbons (Fsp3) is 0.125. The quantitative estimate of drug-likeness (QED) is 0.415. The summed E-state index contributed by atoms with van der Waals surface area (Å²) in [4.78, 5) is 4.75. The van der Waals surface area contributed by atoms with Crippen molar-refractivity contribution in [3.63, 3.8) is 0 Å². The Morgan fingerprint density at radius 3 is 3.00 bits per heavy atom. The molecule has 0 amide bonds. The molecule has 4 nitrogen and oxygen atoms in total. The molecule has 0 aliphatic carbocycles. The minimum Gasteiger partial charge on any atom is -0.594 e. The van der Waals surface area contributed by atoms with Gasteiger partial charge in [-0.1, -0.05) is 6.07 Å². The molecule has 2 rings (SSSR count). The molecule has 0 unspecified atom stereocenters. The van der Waals surface area contributed by atoms with Crippen LogP contribution in [0.15, 0.2) is 18.2 Å². The number of benzene rings is 1. The van der Waals surface area contributed by atoms with Gasteiger partial charge in [0.05, 0.1) is 0 Å². The highest BCUT2D eigenvalue weighted by Crippen LogP contribution is 2.09. The van der Waals surface area contributed by atoms with Gasteiger partial charge in [-0.15, -0.1) is 0 Å². The second-order valence-electron chi connectivity index (χ2n) is 2.75. The van der Waals surface area contributed by atoms with Crippen molar-refractivity contribution in [3.8, 4) is 0 Å². The number of aryl methyl sites for hydroxylation is 1. The van der Waals surface area contributed by atoms with Gasteiger partial charge in [-0.05, 0) is 23.4 Å². The van der Waals surface area contributed by atoms with Crippen LogP contribution in [0.5, 0.6) is 0 Å². The fourth-order valence-corrected chi connectivity index (χ4v) is 1.59. The first-order valence-corrected chi connectivity index (χ1v) is 4.78. The third-order valence-corrected chi connectivity index (χ3v) is 2.18. The summed E-state index contributed by atoms with van der Waals surface area (Å²) in [5, 5.41) is 14.9. The summed E-state index contributed by atoms with van der Waals surface area (Å²) < 4.78 is 0.464. The Kier molecular flexibility index (Phi) is 2.03. The first kappa shape index (κ1) is 8.61. The van der Waals surface area contributed by atoms with Crippen LogP contribution in [0.2, 0.25) is 0 Å². The normalized spacial score (nSPS) is 10.6. The average Bonchev–Trinajstić information content (AvgIpc) is 2.02. The van der Waals surface area contributed by atoms with Crippen molar-refractivity contribution < 1.29 is 4.85 Å². The molecule has 1 aromatic carbocycles. The van der Waals surface area contributed by atoms with E-state index >= 15 is 0 Å². The van der Waals surface area contributed by atoms with Crippen LogP contribution < -0.4 is 4.85 Å². The zero-order valence-electron chi connectivity index (χ0n) is 6.86.